The van der Waals surface area contributed by atoms with Crippen LogP contribution in [0.25, 0.3) is 5.69 Å². The number of halogens is 5. The molecular weight excluding hydrogens is 290 g/mol. The Kier molecular flexibility index (Phi) is 3.25. The van der Waals surface area contributed by atoms with Crippen LogP contribution in [0, 0.1) is 6.92 Å². The van der Waals surface area contributed by atoms with Crippen LogP contribution in [0.3, 0.4) is 0 Å². The fourth-order valence-corrected chi connectivity index (χ4v) is 2.14. The third-order valence-corrected chi connectivity index (χ3v) is 2.88. The van der Waals surface area contributed by atoms with Crippen LogP contribution in [0.15, 0.2) is 18.5 Å². The Morgan fingerprint density at radius 1 is 1.17 bits per heavy atom. The lowest BCUT2D eigenvalue weighted by molar-refractivity contribution is -0.137. The lowest BCUT2D eigenvalue weighted by atomic mass is 10.2. The fourth-order valence-electron chi connectivity index (χ4n) is 1.47. The van der Waals surface area contributed by atoms with E-state index in [0.29, 0.717) is 5.82 Å². The first-order valence-corrected chi connectivity index (χ1v) is 5.49. The summed E-state index contributed by atoms with van der Waals surface area (Å²) in [4.78, 5) is 0. The minimum absolute atomic E-state index is 0.113. The predicted molar refractivity (Wildman–Crippen MR) is 61.1 cm³/mol. The Morgan fingerprint density at radius 2 is 1.72 bits per heavy atom. The van der Waals surface area contributed by atoms with Crippen molar-refractivity contribution < 1.29 is 13.2 Å². The summed E-state index contributed by atoms with van der Waals surface area (Å²) in [5.41, 5.74) is -0.666. The van der Waals surface area contributed by atoms with E-state index in [9.17, 15) is 13.2 Å². The zero-order valence-electron chi connectivity index (χ0n) is 8.96. The largest absolute Gasteiger partial charge is 0.416 e. The lowest BCUT2D eigenvalue weighted by Gasteiger charge is -2.13. The van der Waals surface area contributed by atoms with Crippen LogP contribution < -0.4 is 0 Å². The smallest absolute Gasteiger partial charge is 0.283 e. The number of rotatable bonds is 1. The molecule has 0 unspecified atom stereocenters. The first-order chi connectivity index (χ1) is 8.30. The summed E-state index contributed by atoms with van der Waals surface area (Å²) in [5, 5.41) is 7.12. The molecule has 96 valence electrons. The SMILES string of the molecule is Cc1nncn1-c1c(Cl)cc(C(F)(F)F)cc1Cl. The molecule has 0 radical (unpaired) electrons. The zero-order valence-corrected chi connectivity index (χ0v) is 10.5. The number of benzene rings is 1. The van der Waals surface area contributed by atoms with Gasteiger partial charge in [0.2, 0.25) is 0 Å². The molecule has 0 amide bonds. The minimum Gasteiger partial charge on any atom is -0.283 e. The van der Waals surface area contributed by atoms with Gasteiger partial charge in [0, 0.05) is 0 Å². The van der Waals surface area contributed by atoms with Gasteiger partial charge in [0.25, 0.3) is 0 Å². The predicted octanol–water partition coefficient (Wildman–Crippen LogP) is 3.90. The van der Waals surface area contributed by atoms with Crippen LogP contribution in [0.4, 0.5) is 13.2 Å². The van der Waals surface area contributed by atoms with Crippen LogP contribution in [0.1, 0.15) is 11.4 Å². The van der Waals surface area contributed by atoms with E-state index in [4.69, 9.17) is 23.2 Å². The van der Waals surface area contributed by atoms with Gasteiger partial charge in [0.15, 0.2) is 0 Å². The van der Waals surface area contributed by atoms with E-state index >= 15 is 0 Å². The van der Waals surface area contributed by atoms with E-state index in [1.807, 2.05) is 0 Å². The number of aryl methyl sites for hydroxylation is 1. The normalized spacial score (nSPS) is 11.9. The van der Waals surface area contributed by atoms with Gasteiger partial charge in [0.1, 0.15) is 12.2 Å². The maximum Gasteiger partial charge on any atom is 0.416 e. The van der Waals surface area contributed by atoms with Crippen molar-refractivity contribution in [3.05, 3.63) is 39.9 Å². The van der Waals surface area contributed by atoms with Gasteiger partial charge in [-0.25, -0.2) is 0 Å². The van der Waals surface area contributed by atoms with E-state index in [2.05, 4.69) is 10.2 Å². The van der Waals surface area contributed by atoms with Gasteiger partial charge < -0.3 is 0 Å². The van der Waals surface area contributed by atoms with Crippen molar-refractivity contribution >= 4 is 23.2 Å². The average Bonchev–Trinajstić information content (AvgIpc) is 2.62. The lowest BCUT2D eigenvalue weighted by Crippen LogP contribution is -2.07. The molecule has 0 spiro atoms. The molecule has 0 aliphatic rings. The van der Waals surface area contributed by atoms with Crippen molar-refractivity contribution in [1.82, 2.24) is 14.8 Å². The Hall–Kier alpha value is -1.27. The molecule has 3 nitrogen and oxygen atoms in total. The molecule has 0 N–H and O–H groups in total. The molecule has 18 heavy (non-hydrogen) atoms. The van der Waals surface area contributed by atoms with Gasteiger partial charge in [-0.2, -0.15) is 13.2 Å². The molecule has 8 heteroatoms. The number of nitrogens with zero attached hydrogens (tertiary/aromatic N) is 3. The first-order valence-electron chi connectivity index (χ1n) is 4.74. The van der Waals surface area contributed by atoms with Crippen molar-refractivity contribution in [3.8, 4) is 5.69 Å². The second-order valence-corrected chi connectivity index (χ2v) is 4.35. The number of hydrogen-bond donors (Lipinski definition) is 0. The van der Waals surface area contributed by atoms with Crippen molar-refractivity contribution in [2.24, 2.45) is 0 Å². The summed E-state index contributed by atoms with van der Waals surface area (Å²) in [7, 11) is 0. The van der Waals surface area contributed by atoms with Gasteiger partial charge in [-0.15, -0.1) is 10.2 Å². The van der Waals surface area contributed by atoms with E-state index in [-0.39, 0.29) is 15.7 Å². The van der Waals surface area contributed by atoms with E-state index in [1.54, 1.807) is 6.92 Å². The van der Waals surface area contributed by atoms with E-state index in [0.717, 1.165) is 12.1 Å². The standard InChI is InChI=1S/C10H6Cl2F3N3/c1-5-17-16-4-18(5)9-7(11)2-6(3-8(9)12)10(13,14)15/h2-4H,1H3. The maximum absolute atomic E-state index is 12.6. The molecular formula is C10H6Cl2F3N3. The molecule has 2 rings (SSSR count). The molecule has 0 aliphatic carbocycles. The highest BCUT2D eigenvalue weighted by Crippen LogP contribution is 2.37. The van der Waals surface area contributed by atoms with Crippen LogP contribution >= 0.6 is 23.2 Å². The second-order valence-electron chi connectivity index (χ2n) is 3.53. The molecule has 0 saturated heterocycles. The van der Waals surface area contributed by atoms with Crippen LogP contribution in [0.5, 0.6) is 0 Å². The molecule has 0 fully saturated rings. The summed E-state index contributed by atoms with van der Waals surface area (Å²) in [6.45, 7) is 1.64. The van der Waals surface area contributed by atoms with Crippen molar-refractivity contribution in [1.29, 1.82) is 0 Å². The van der Waals surface area contributed by atoms with Crippen molar-refractivity contribution in [2.45, 2.75) is 13.1 Å². The highest BCUT2D eigenvalue weighted by Gasteiger charge is 2.32. The van der Waals surface area contributed by atoms with Gasteiger partial charge >= 0.3 is 6.18 Å². The Labute approximate surface area is 110 Å². The maximum atomic E-state index is 12.6. The summed E-state index contributed by atoms with van der Waals surface area (Å²) >= 11 is 11.7. The number of hydrogen-bond acceptors (Lipinski definition) is 2. The van der Waals surface area contributed by atoms with E-state index in [1.165, 1.54) is 10.9 Å². The minimum atomic E-state index is -4.49. The van der Waals surface area contributed by atoms with E-state index < -0.39 is 11.7 Å². The summed E-state index contributed by atoms with van der Waals surface area (Å²) in [6, 6.07) is 1.64. The molecule has 0 aliphatic heterocycles. The molecule has 1 heterocycles. The first kappa shape index (κ1) is 13.2. The fraction of sp³-hybridized carbons (Fsp3) is 0.200. The van der Waals surface area contributed by atoms with Crippen LogP contribution in [0.2, 0.25) is 10.0 Å². The summed E-state index contributed by atoms with van der Waals surface area (Å²) < 4.78 is 39.1. The number of aromatic nitrogens is 3. The molecule has 0 saturated carbocycles. The third kappa shape index (κ3) is 2.30. The van der Waals surface area contributed by atoms with Gasteiger partial charge in [-0.1, -0.05) is 23.2 Å². The highest BCUT2D eigenvalue weighted by molar-refractivity contribution is 6.37. The molecule has 2 aromatic rings. The monoisotopic (exact) mass is 295 g/mol. The number of alkyl halides is 3. The average molecular weight is 296 g/mol. The third-order valence-electron chi connectivity index (χ3n) is 2.30. The Balaban J connectivity index is 2.62. The van der Waals surface area contributed by atoms with Gasteiger partial charge in [-0.3, -0.25) is 4.57 Å². The van der Waals surface area contributed by atoms with Crippen LogP contribution in [-0.2, 0) is 6.18 Å². The highest BCUT2D eigenvalue weighted by atomic mass is 35.5. The van der Waals surface area contributed by atoms with Crippen LogP contribution in [-0.4, -0.2) is 14.8 Å². The molecule has 1 aromatic heterocycles. The Morgan fingerprint density at radius 3 is 2.11 bits per heavy atom. The van der Waals surface area contributed by atoms with Gasteiger partial charge in [0.05, 0.1) is 21.3 Å². The van der Waals surface area contributed by atoms with Crippen molar-refractivity contribution in [2.75, 3.05) is 0 Å². The zero-order chi connectivity index (χ0) is 13.5. The summed E-state index contributed by atoms with van der Waals surface area (Å²) in [6.07, 6.45) is -3.16. The molecule has 0 bridgehead atoms. The summed E-state index contributed by atoms with van der Waals surface area (Å²) in [5.74, 6) is 0.471. The van der Waals surface area contributed by atoms with Gasteiger partial charge in [-0.05, 0) is 19.1 Å². The van der Waals surface area contributed by atoms with Crippen molar-refractivity contribution in [3.63, 3.8) is 0 Å². The molecule has 0 atom stereocenters. The second kappa shape index (κ2) is 4.44. The topological polar surface area (TPSA) is 30.7 Å². The Bertz CT molecular complexity index is 569. The quantitative estimate of drug-likeness (QED) is 0.799. The molecule has 1 aromatic carbocycles.